The maximum absolute atomic E-state index is 12.4. The Hall–Kier alpha value is -1.66. The molecule has 0 rings (SSSR count). The van der Waals surface area contributed by atoms with Gasteiger partial charge in [0.05, 0.1) is 25.4 Å². The van der Waals surface area contributed by atoms with E-state index in [2.05, 4.69) is 31.3 Å². The Morgan fingerprint density at radius 1 is 0.409 bits per heavy atom. The summed E-state index contributed by atoms with van der Waals surface area (Å²) in [6.45, 7) is 4.90. The summed E-state index contributed by atoms with van der Waals surface area (Å²) in [6, 6.07) is -0.629. The summed E-state index contributed by atoms with van der Waals surface area (Å²) in [4.78, 5) is 24.4. The van der Waals surface area contributed by atoms with Gasteiger partial charge in [0.15, 0.2) is 0 Å². The fraction of sp³-hybridized carbons (Fsp3) is 0.900. The molecule has 0 aromatic heterocycles. The minimum Gasteiger partial charge on any atom is -0.466 e. The molecular weight excluding hydrogens is 815 g/mol. The lowest BCUT2D eigenvalue weighted by molar-refractivity contribution is -0.143. The van der Waals surface area contributed by atoms with Crippen LogP contribution >= 0.6 is 0 Å². The Morgan fingerprint density at radius 2 is 0.712 bits per heavy atom. The molecule has 0 aliphatic rings. The van der Waals surface area contributed by atoms with Gasteiger partial charge in [-0.05, 0) is 57.8 Å². The second kappa shape index (κ2) is 55.9. The summed E-state index contributed by atoms with van der Waals surface area (Å²) in [5.41, 5.74) is 0. The maximum Gasteiger partial charge on any atom is 0.305 e. The number of aliphatic hydroxyl groups excluding tert-OH is 2. The number of hydrogen-bond acceptors (Lipinski definition) is 5. The van der Waals surface area contributed by atoms with E-state index in [0.717, 1.165) is 38.5 Å². The Bertz CT molecular complexity index is 1030. The van der Waals surface area contributed by atoms with Crippen LogP contribution in [0.3, 0.4) is 0 Å². The van der Waals surface area contributed by atoms with Gasteiger partial charge in [-0.2, -0.15) is 0 Å². The van der Waals surface area contributed by atoms with Crippen molar-refractivity contribution in [3.8, 4) is 0 Å². The second-order valence-electron chi connectivity index (χ2n) is 20.3. The topological polar surface area (TPSA) is 95.9 Å². The lowest BCUT2D eigenvalue weighted by Gasteiger charge is -2.20. The van der Waals surface area contributed by atoms with Gasteiger partial charge in [0, 0.05) is 12.8 Å². The lowest BCUT2D eigenvalue weighted by Crippen LogP contribution is -2.45. The van der Waals surface area contributed by atoms with Crippen molar-refractivity contribution in [2.75, 3.05) is 13.2 Å². The molecule has 0 fully saturated rings. The van der Waals surface area contributed by atoms with Gasteiger partial charge in [-0.15, -0.1) is 0 Å². The van der Waals surface area contributed by atoms with Gasteiger partial charge in [-0.1, -0.05) is 276 Å². The number of carbonyl (C=O) groups excluding carboxylic acids is 2. The minimum atomic E-state index is -0.845. The predicted molar refractivity (Wildman–Crippen MR) is 287 cm³/mol. The van der Waals surface area contributed by atoms with Gasteiger partial charge in [0.2, 0.25) is 5.91 Å². The summed E-state index contributed by atoms with van der Waals surface area (Å²) >= 11 is 0. The van der Waals surface area contributed by atoms with E-state index < -0.39 is 12.1 Å². The van der Waals surface area contributed by atoms with Crippen LogP contribution in [0.2, 0.25) is 0 Å². The number of amides is 1. The maximum atomic E-state index is 12.4. The monoisotopic (exact) mass is 930 g/mol. The number of hydrogen-bond donors (Lipinski definition) is 3. The number of carbonyl (C=O) groups is 2. The molecule has 390 valence electrons. The number of aliphatic hydroxyl groups is 2. The first-order chi connectivity index (χ1) is 32.5. The van der Waals surface area contributed by atoms with Crippen LogP contribution in [-0.2, 0) is 14.3 Å². The molecule has 1 amide bonds. The highest BCUT2D eigenvalue weighted by Crippen LogP contribution is 2.17. The van der Waals surface area contributed by atoms with Crippen LogP contribution < -0.4 is 5.32 Å². The van der Waals surface area contributed by atoms with E-state index in [9.17, 15) is 19.8 Å². The molecule has 0 heterocycles. The molecule has 0 saturated carbocycles. The fourth-order valence-corrected chi connectivity index (χ4v) is 9.16. The zero-order valence-corrected chi connectivity index (χ0v) is 44.4. The van der Waals surface area contributed by atoms with Gasteiger partial charge >= 0.3 is 5.97 Å². The van der Waals surface area contributed by atoms with Crippen molar-refractivity contribution < 1.29 is 24.5 Å². The van der Waals surface area contributed by atoms with E-state index in [0.29, 0.717) is 19.4 Å². The van der Waals surface area contributed by atoms with E-state index >= 15 is 0 Å². The molecule has 0 saturated heterocycles. The average Bonchev–Trinajstić information content (AvgIpc) is 3.32. The molecule has 66 heavy (non-hydrogen) atoms. The quantitative estimate of drug-likeness (QED) is 0.0321. The average molecular weight is 931 g/mol. The SMILES string of the molecule is CCCCCCCCCCC/C=C/C(O)C(CO)NC(=O)CCCCCCCCCC/C=C\CCCCCCCCCCCCCCOC(=O)CCCCCCCCCCCCCCCC. The Morgan fingerprint density at radius 3 is 1.08 bits per heavy atom. The summed E-state index contributed by atoms with van der Waals surface area (Å²) in [7, 11) is 0. The predicted octanol–water partition coefficient (Wildman–Crippen LogP) is 18.2. The van der Waals surface area contributed by atoms with Crippen LogP contribution in [0.1, 0.15) is 322 Å². The molecular formula is C60H115NO5. The van der Waals surface area contributed by atoms with Gasteiger partial charge < -0.3 is 20.3 Å². The van der Waals surface area contributed by atoms with Crippen LogP contribution in [0.25, 0.3) is 0 Å². The summed E-state index contributed by atoms with van der Waals surface area (Å²) in [5.74, 6) is -0.0589. The number of nitrogens with one attached hydrogen (secondary N) is 1. The normalized spacial score (nSPS) is 12.7. The van der Waals surface area contributed by atoms with Crippen LogP contribution in [0, 0.1) is 0 Å². The van der Waals surface area contributed by atoms with Crippen molar-refractivity contribution in [2.24, 2.45) is 0 Å². The molecule has 6 heteroatoms. The summed E-state index contributed by atoms with van der Waals surface area (Å²) in [5, 5.41) is 23.0. The highest BCUT2D eigenvalue weighted by atomic mass is 16.5. The first kappa shape index (κ1) is 64.3. The molecule has 0 radical (unpaired) electrons. The van der Waals surface area contributed by atoms with Crippen molar-refractivity contribution >= 4 is 11.9 Å². The summed E-state index contributed by atoms with van der Waals surface area (Å²) < 4.78 is 5.48. The molecule has 6 nitrogen and oxygen atoms in total. The van der Waals surface area contributed by atoms with Gasteiger partial charge in [0.1, 0.15) is 0 Å². The van der Waals surface area contributed by atoms with Crippen molar-refractivity contribution in [1.82, 2.24) is 5.32 Å². The highest BCUT2D eigenvalue weighted by Gasteiger charge is 2.18. The molecule has 0 aliphatic carbocycles. The Labute approximate surface area is 411 Å². The third-order valence-electron chi connectivity index (χ3n) is 13.7. The van der Waals surface area contributed by atoms with Crippen LogP contribution in [0.4, 0.5) is 0 Å². The van der Waals surface area contributed by atoms with Crippen molar-refractivity contribution in [2.45, 2.75) is 334 Å². The first-order valence-corrected chi connectivity index (χ1v) is 29.6. The Kier molecular flexibility index (Phi) is 54.5. The third-order valence-corrected chi connectivity index (χ3v) is 13.7. The fourth-order valence-electron chi connectivity index (χ4n) is 9.16. The van der Waals surface area contributed by atoms with Crippen LogP contribution in [-0.4, -0.2) is 47.4 Å². The van der Waals surface area contributed by atoms with E-state index in [1.165, 1.54) is 257 Å². The van der Waals surface area contributed by atoms with Crippen LogP contribution in [0.5, 0.6) is 0 Å². The van der Waals surface area contributed by atoms with Crippen molar-refractivity contribution in [3.63, 3.8) is 0 Å². The zero-order chi connectivity index (χ0) is 47.9. The van der Waals surface area contributed by atoms with Crippen molar-refractivity contribution in [3.05, 3.63) is 24.3 Å². The number of unbranched alkanes of at least 4 members (excludes halogenated alkanes) is 42. The third kappa shape index (κ3) is 51.7. The highest BCUT2D eigenvalue weighted by molar-refractivity contribution is 5.76. The largest absolute Gasteiger partial charge is 0.466 e. The molecule has 0 spiro atoms. The van der Waals surface area contributed by atoms with E-state index in [1.54, 1.807) is 6.08 Å². The van der Waals surface area contributed by atoms with E-state index in [-0.39, 0.29) is 18.5 Å². The van der Waals surface area contributed by atoms with Gasteiger partial charge in [-0.3, -0.25) is 9.59 Å². The standard InChI is InChI=1S/C60H115NO5/c1-3-5-7-9-11-13-15-16-30-34-38-42-46-50-54-60(65)66-55-51-47-43-39-35-31-28-26-24-22-20-18-17-19-21-23-25-27-29-33-37-41-45-49-53-59(64)61-57(56-62)58(63)52-48-44-40-36-32-14-12-10-8-6-4-2/h19,21,48,52,57-58,62-63H,3-18,20,22-47,49-51,53-56H2,1-2H3,(H,61,64)/b21-19-,52-48+. The van der Waals surface area contributed by atoms with E-state index in [4.69, 9.17) is 4.74 Å². The smallest absolute Gasteiger partial charge is 0.305 e. The number of esters is 1. The number of allylic oxidation sites excluding steroid dienone is 3. The zero-order valence-electron chi connectivity index (χ0n) is 44.4. The first-order valence-electron chi connectivity index (χ1n) is 29.6. The molecule has 2 atom stereocenters. The molecule has 0 aromatic carbocycles. The number of ether oxygens (including phenoxy) is 1. The number of rotatable bonds is 55. The lowest BCUT2D eigenvalue weighted by atomic mass is 10.0. The Balaban J connectivity index is 3.39. The van der Waals surface area contributed by atoms with Gasteiger partial charge in [-0.25, -0.2) is 0 Å². The minimum absolute atomic E-state index is 0.0143. The summed E-state index contributed by atoms with van der Waals surface area (Å²) in [6.07, 6.45) is 67.9. The van der Waals surface area contributed by atoms with Crippen LogP contribution in [0.15, 0.2) is 24.3 Å². The van der Waals surface area contributed by atoms with Gasteiger partial charge in [0.25, 0.3) is 0 Å². The van der Waals surface area contributed by atoms with E-state index in [1.807, 2.05) is 6.08 Å². The molecule has 3 N–H and O–H groups in total. The molecule has 0 aromatic rings. The van der Waals surface area contributed by atoms with Crippen molar-refractivity contribution in [1.29, 1.82) is 0 Å². The second-order valence-corrected chi connectivity index (χ2v) is 20.3. The molecule has 0 bridgehead atoms. The molecule has 0 aliphatic heterocycles. The molecule has 2 unspecified atom stereocenters.